The lowest BCUT2D eigenvalue weighted by molar-refractivity contribution is 0.298. The van der Waals surface area contributed by atoms with E-state index >= 15 is 0 Å². The monoisotopic (exact) mass is 295 g/mol. The number of nitrogens with zero attached hydrogens (tertiary/aromatic N) is 2. The van der Waals surface area contributed by atoms with Crippen molar-refractivity contribution in [1.29, 1.82) is 0 Å². The summed E-state index contributed by atoms with van der Waals surface area (Å²) in [5, 5.41) is 4.10. The van der Waals surface area contributed by atoms with Crippen LogP contribution in [0.25, 0.3) is 0 Å². The Hall–Kier alpha value is -1.49. The van der Waals surface area contributed by atoms with Crippen molar-refractivity contribution in [2.75, 3.05) is 12.3 Å². The van der Waals surface area contributed by atoms with Gasteiger partial charge in [-0.25, -0.2) is 0 Å². The molecule has 2 N–H and O–H groups in total. The van der Waals surface area contributed by atoms with Crippen LogP contribution in [0.2, 0.25) is 0 Å². The first-order valence-electron chi connectivity index (χ1n) is 5.41. The van der Waals surface area contributed by atoms with Crippen molar-refractivity contribution in [1.82, 2.24) is 9.78 Å². The van der Waals surface area contributed by atoms with Gasteiger partial charge in [0.1, 0.15) is 11.6 Å². The molecule has 0 spiro atoms. The number of hydrogen-bond acceptors (Lipinski definition) is 3. The Balaban J connectivity index is 1.71. The number of nitrogen functional groups attached to an aromatic ring is 1. The van der Waals surface area contributed by atoms with Gasteiger partial charge in [-0.05, 0) is 30.3 Å². The number of halogens is 1. The van der Waals surface area contributed by atoms with E-state index < -0.39 is 0 Å². The Kier molecular flexibility index (Phi) is 4.03. The van der Waals surface area contributed by atoms with E-state index in [4.69, 9.17) is 10.5 Å². The van der Waals surface area contributed by atoms with Gasteiger partial charge in [-0.1, -0.05) is 15.9 Å². The van der Waals surface area contributed by atoms with E-state index in [1.165, 1.54) is 0 Å². The molecule has 2 rings (SSSR count). The lowest BCUT2D eigenvalue weighted by Gasteiger charge is -2.06. The molecule has 0 unspecified atom stereocenters. The van der Waals surface area contributed by atoms with E-state index in [0.717, 1.165) is 23.2 Å². The van der Waals surface area contributed by atoms with Gasteiger partial charge in [0.15, 0.2) is 0 Å². The summed E-state index contributed by atoms with van der Waals surface area (Å²) in [5.74, 6) is 1.44. The van der Waals surface area contributed by atoms with Crippen LogP contribution in [0.15, 0.2) is 41.0 Å². The van der Waals surface area contributed by atoms with Gasteiger partial charge in [0, 0.05) is 23.6 Å². The lowest BCUT2D eigenvalue weighted by atomic mass is 10.3. The number of hydrogen-bond donors (Lipinski definition) is 1. The number of aryl methyl sites for hydroxylation is 1. The van der Waals surface area contributed by atoms with Gasteiger partial charge < -0.3 is 10.5 Å². The van der Waals surface area contributed by atoms with Crippen LogP contribution in [0.3, 0.4) is 0 Å². The normalized spacial score (nSPS) is 10.4. The van der Waals surface area contributed by atoms with Gasteiger partial charge in [0.2, 0.25) is 0 Å². The SMILES string of the molecule is Nc1ccn(CCCOc2ccc(Br)cc2)n1. The Bertz CT molecular complexity index is 467. The third-order valence-electron chi connectivity index (χ3n) is 2.28. The zero-order valence-electron chi connectivity index (χ0n) is 9.34. The highest BCUT2D eigenvalue weighted by Gasteiger charge is 1.96. The first kappa shape index (κ1) is 12.0. The number of nitrogens with two attached hydrogens (primary N) is 1. The standard InChI is InChI=1S/C12H14BrN3O/c13-10-2-4-11(5-3-10)17-9-1-7-16-8-6-12(14)15-16/h2-6,8H,1,7,9H2,(H2,14,15). The maximum Gasteiger partial charge on any atom is 0.145 e. The Labute approximate surface area is 109 Å². The molecule has 0 fully saturated rings. The molecular weight excluding hydrogens is 282 g/mol. The Morgan fingerprint density at radius 3 is 2.65 bits per heavy atom. The van der Waals surface area contributed by atoms with E-state index in [-0.39, 0.29) is 0 Å². The maximum absolute atomic E-state index is 5.60. The summed E-state index contributed by atoms with van der Waals surface area (Å²) in [4.78, 5) is 0. The second kappa shape index (κ2) is 5.72. The van der Waals surface area contributed by atoms with Crippen molar-refractivity contribution in [3.63, 3.8) is 0 Å². The minimum atomic E-state index is 0.554. The van der Waals surface area contributed by atoms with Gasteiger partial charge in [-0.15, -0.1) is 0 Å². The third-order valence-corrected chi connectivity index (χ3v) is 2.80. The predicted molar refractivity (Wildman–Crippen MR) is 70.9 cm³/mol. The van der Waals surface area contributed by atoms with Crippen LogP contribution in [0.4, 0.5) is 5.82 Å². The second-order valence-corrected chi connectivity index (χ2v) is 4.58. The first-order valence-corrected chi connectivity index (χ1v) is 6.20. The molecule has 0 radical (unpaired) electrons. The third kappa shape index (κ3) is 3.78. The molecule has 1 heterocycles. The fraction of sp³-hybridized carbons (Fsp3) is 0.250. The zero-order chi connectivity index (χ0) is 12.1. The number of rotatable bonds is 5. The van der Waals surface area contributed by atoms with Crippen molar-refractivity contribution in [2.24, 2.45) is 0 Å². The van der Waals surface area contributed by atoms with Crippen molar-refractivity contribution in [3.8, 4) is 5.75 Å². The van der Waals surface area contributed by atoms with Crippen molar-refractivity contribution < 1.29 is 4.74 Å². The van der Waals surface area contributed by atoms with Crippen LogP contribution in [0.5, 0.6) is 5.75 Å². The highest BCUT2D eigenvalue weighted by molar-refractivity contribution is 9.10. The summed E-state index contributed by atoms with van der Waals surface area (Å²) in [6, 6.07) is 9.59. The van der Waals surface area contributed by atoms with Crippen LogP contribution >= 0.6 is 15.9 Å². The van der Waals surface area contributed by atoms with Crippen LogP contribution < -0.4 is 10.5 Å². The van der Waals surface area contributed by atoms with Crippen molar-refractivity contribution in [2.45, 2.75) is 13.0 Å². The molecule has 0 amide bonds. The highest BCUT2D eigenvalue weighted by atomic mass is 79.9. The van der Waals surface area contributed by atoms with Crippen LogP contribution in [-0.2, 0) is 6.54 Å². The number of aromatic nitrogens is 2. The molecule has 0 atom stereocenters. The van der Waals surface area contributed by atoms with Gasteiger partial charge in [0.05, 0.1) is 6.61 Å². The summed E-state index contributed by atoms with van der Waals surface area (Å²) in [6.45, 7) is 1.48. The van der Waals surface area contributed by atoms with Crippen LogP contribution in [-0.4, -0.2) is 16.4 Å². The Morgan fingerprint density at radius 1 is 1.24 bits per heavy atom. The molecule has 0 bridgehead atoms. The van der Waals surface area contributed by atoms with Crippen LogP contribution in [0.1, 0.15) is 6.42 Å². The number of anilines is 1. The molecule has 1 aromatic heterocycles. The predicted octanol–water partition coefficient (Wildman–Crippen LogP) is 2.70. The minimum Gasteiger partial charge on any atom is -0.494 e. The maximum atomic E-state index is 5.60. The summed E-state index contributed by atoms with van der Waals surface area (Å²) < 4.78 is 8.47. The van der Waals surface area contributed by atoms with E-state index in [1.54, 1.807) is 6.07 Å². The molecule has 0 aliphatic heterocycles. The fourth-order valence-corrected chi connectivity index (χ4v) is 1.71. The number of benzene rings is 1. The molecule has 1 aromatic carbocycles. The topological polar surface area (TPSA) is 53.1 Å². The lowest BCUT2D eigenvalue weighted by Crippen LogP contribution is -2.05. The molecule has 0 saturated carbocycles. The zero-order valence-corrected chi connectivity index (χ0v) is 10.9. The van der Waals surface area contributed by atoms with Gasteiger partial charge >= 0.3 is 0 Å². The quantitative estimate of drug-likeness (QED) is 0.863. The smallest absolute Gasteiger partial charge is 0.145 e. The van der Waals surface area contributed by atoms with Crippen molar-refractivity contribution >= 4 is 21.7 Å². The van der Waals surface area contributed by atoms with Gasteiger partial charge in [-0.2, -0.15) is 5.10 Å². The summed E-state index contributed by atoms with van der Waals surface area (Å²) in [6.07, 6.45) is 2.77. The van der Waals surface area contributed by atoms with E-state index in [2.05, 4.69) is 21.0 Å². The van der Waals surface area contributed by atoms with E-state index in [0.29, 0.717) is 12.4 Å². The number of ether oxygens (including phenoxy) is 1. The van der Waals surface area contributed by atoms with Crippen LogP contribution in [0, 0.1) is 0 Å². The molecule has 90 valence electrons. The van der Waals surface area contributed by atoms with Gasteiger partial charge in [-0.3, -0.25) is 4.68 Å². The summed E-state index contributed by atoms with van der Waals surface area (Å²) >= 11 is 3.38. The molecular formula is C12H14BrN3O. The second-order valence-electron chi connectivity index (χ2n) is 3.66. The average Bonchev–Trinajstić information content (AvgIpc) is 2.73. The molecule has 4 nitrogen and oxygen atoms in total. The molecule has 0 aliphatic rings. The molecule has 0 saturated heterocycles. The van der Waals surface area contributed by atoms with Gasteiger partial charge in [0.25, 0.3) is 0 Å². The average molecular weight is 296 g/mol. The largest absolute Gasteiger partial charge is 0.494 e. The highest BCUT2D eigenvalue weighted by Crippen LogP contribution is 2.16. The first-order chi connectivity index (χ1) is 8.24. The van der Waals surface area contributed by atoms with E-state index in [1.807, 2.05) is 35.1 Å². The molecule has 5 heteroatoms. The fourth-order valence-electron chi connectivity index (χ4n) is 1.45. The van der Waals surface area contributed by atoms with Crippen molar-refractivity contribution in [3.05, 3.63) is 41.0 Å². The molecule has 2 aromatic rings. The molecule has 0 aliphatic carbocycles. The summed E-state index contributed by atoms with van der Waals surface area (Å²) in [5.41, 5.74) is 5.52. The Morgan fingerprint density at radius 2 is 2.00 bits per heavy atom. The summed E-state index contributed by atoms with van der Waals surface area (Å²) in [7, 11) is 0. The molecule has 17 heavy (non-hydrogen) atoms. The van der Waals surface area contributed by atoms with E-state index in [9.17, 15) is 0 Å². The minimum absolute atomic E-state index is 0.554.